The van der Waals surface area contributed by atoms with Crippen molar-refractivity contribution in [1.82, 2.24) is 0 Å². The van der Waals surface area contributed by atoms with Gasteiger partial charge >= 0.3 is 0 Å². The molecule has 0 aliphatic carbocycles. The zero-order chi connectivity index (χ0) is 21.1. The summed E-state index contributed by atoms with van der Waals surface area (Å²) in [4.78, 5) is 0. The predicted octanol–water partition coefficient (Wildman–Crippen LogP) is -1.35. The van der Waals surface area contributed by atoms with E-state index < -0.39 is 80.5 Å². The smallest absolute Gasteiger partial charge is 0.264 e. The molecule has 2 aliphatic rings. The van der Waals surface area contributed by atoms with Crippen LogP contribution in [-0.4, -0.2) is 73.7 Å². The molecule has 2 aliphatic heterocycles. The summed E-state index contributed by atoms with van der Waals surface area (Å²) in [6, 6.07) is 0. The van der Waals surface area contributed by atoms with E-state index >= 15 is 0 Å². The molecule has 16 heteroatoms. The Kier molecular flexibility index (Phi) is 5.82. The van der Waals surface area contributed by atoms with Gasteiger partial charge in [-0.05, 0) is 27.7 Å². The van der Waals surface area contributed by atoms with Crippen LogP contribution in [0.5, 0.6) is 0 Å². The van der Waals surface area contributed by atoms with E-state index in [9.17, 15) is 33.7 Å². The minimum Gasteiger partial charge on any atom is -0.264 e. The molecule has 0 radical (unpaired) electrons. The molecule has 2 rings (SSSR count). The van der Waals surface area contributed by atoms with Gasteiger partial charge in [0.05, 0.1) is 0 Å². The lowest BCUT2D eigenvalue weighted by molar-refractivity contribution is 0.112. The Hall–Kier alpha value is -0.360. The fourth-order valence-electron chi connectivity index (χ4n) is 2.23. The van der Waals surface area contributed by atoms with Crippen molar-refractivity contribution >= 4 is 40.5 Å². The highest BCUT2D eigenvalue weighted by atomic mass is 32.3. The Morgan fingerprint density at radius 3 is 1.30 bits per heavy atom. The molecule has 2 saturated heterocycles. The summed E-state index contributed by atoms with van der Waals surface area (Å²) in [6.07, 6.45) is -5.16. The summed E-state index contributed by atoms with van der Waals surface area (Å²) in [7, 11) is -17.8. The molecule has 2 fully saturated rings. The number of hydrogen-bond donors (Lipinski definition) is 0. The molecule has 0 saturated carbocycles. The second kappa shape index (κ2) is 6.86. The highest BCUT2D eigenvalue weighted by molar-refractivity contribution is 8.06. The molecule has 0 spiro atoms. The summed E-state index contributed by atoms with van der Waals surface area (Å²) in [6.45, 7) is 4.07. The molecule has 0 N–H and O–H groups in total. The summed E-state index contributed by atoms with van der Waals surface area (Å²) in [5.41, 5.74) is 0. The van der Waals surface area contributed by atoms with Gasteiger partial charge in [0, 0.05) is 0 Å². The average molecular weight is 473 g/mol. The third-order valence-electron chi connectivity index (χ3n) is 4.09. The van der Waals surface area contributed by atoms with Crippen molar-refractivity contribution < 1.29 is 50.4 Å². The quantitative estimate of drug-likeness (QED) is 0.416. The van der Waals surface area contributed by atoms with E-state index in [0.717, 1.165) is 13.8 Å². The molecule has 0 aromatic carbocycles. The Morgan fingerprint density at radius 2 is 1.07 bits per heavy atom. The standard InChI is InChI=1S/C11H20O12S4/c1-7-9(5-24(12,13)20-7)22-26(16,17)11(3,4)27(18,19)23-10-6-25(14,15)21-8(10)2/h7-10H,5-6H2,1-4H3. The van der Waals surface area contributed by atoms with Crippen molar-refractivity contribution in [2.24, 2.45) is 0 Å². The first kappa shape index (κ1) is 22.9. The van der Waals surface area contributed by atoms with Crippen LogP contribution in [0.3, 0.4) is 0 Å². The van der Waals surface area contributed by atoms with Crippen molar-refractivity contribution in [3.63, 3.8) is 0 Å². The van der Waals surface area contributed by atoms with E-state index in [1.54, 1.807) is 0 Å². The molecule has 0 aromatic heterocycles. The maximum atomic E-state index is 12.5. The van der Waals surface area contributed by atoms with Crippen LogP contribution < -0.4 is 0 Å². The molecule has 0 aromatic rings. The Balaban J connectivity index is 2.24. The van der Waals surface area contributed by atoms with Crippen LogP contribution in [0.15, 0.2) is 0 Å². The van der Waals surface area contributed by atoms with E-state index in [1.165, 1.54) is 13.8 Å². The minimum atomic E-state index is -4.92. The van der Waals surface area contributed by atoms with Gasteiger partial charge in [-0.3, -0.25) is 16.7 Å². The monoisotopic (exact) mass is 472 g/mol. The molecule has 12 nitrogen and oxygen atoms in total. The highest BCUT2D eigenvalue weighted by Crippen LogP contribution is 2.33. The van der Waals surface area contributed by atoms with Crippen LogP contribution in [0.4, 0.5) is 0 Å². The van der Waals surface area contributed by atoms with Crippen molar-refractivity contribution in [2.45, 2.75) is 56.2 Å². The maximum Gasteiger partial charge on any atom is 0.290 e. The largest absolute Gasteiger partial charge is 0.290 e. The van der Waals surface area contributed by atoms with Crippen LogP contribution in [0.1, 0.15) is 27.7 Å². The third kappa shape index (κ3) is 4.63. The van der Waals surface area contributed by atoms with Crippen LogP contribution in [0.2, 0.25) is 0 Å². The zero-order valence-electron chi connectivity index (χ0n) is 14.8. The van der Waals surface area contributed by atoms with Crippen molar-refractivity contribution in [2.75, 3.05) is 11.5 Å². The molecule has 160 valence electrons. The van der Waals surface area contributed by atoms with Gasteiger partial charge in [-0.2, -0.15) is 33.7 Å². The van der Waals surface area contributed by atoms with Gasteiger partial charge in [0.25, 0.3) is 40.5 Å². The zero-order valence-corrected chi connectivity index (χ0v) is 18.0. The third-order valence-corrected chi connectivity index (χ3v) is 11.4. The van der Waals surface area contributed by atoms with Crippen molar-refractivity contribution in [3.8, 4) is 0 Å². The summed E-state index contributed by atoms with van der Waals surface area (Å²) in [5.74, 6) is -1.54. The molecule has 4 unspecified atom stereocenters. The van der Waals surface area contributed by atoms with E-state index in [-0.39, 0.29) is 0 Å². The fourth-order valence-corrected chi connectivity index (χ4v) is 8.02. The van der Waals surface area contributed by atoms with E-state index in [2.05, 4.69) is 8.37 Å². The van der Waals surface area contributed by atoms with E-state index in [0.29, 0.717) is 0 Å². The first-order valence-electron chi connectivity index (χ1n) is 7.57. The lowest BCUT2D eigenvalue weighted by Gasteiger charge is -2.27. The average Bonchev–Trinajstić information content (AvgIpc) is 2.82. The molecule has 0 bridgehead atoms. The Labute approximate surface area is 158 Å². The summed E-state index contributed by atoms with van der Waals surface area (Å²) >= 11 is 0. The van der Waals surface area contributed by atoms with Gasteiger partial charge in [0.15, 0.2) is 0 Å². The lowest BCUT2D eigenvalue weighted by atomic mass is 10.3. The Bertz CT molecular complexity index is 923. The Morgan fingerprint density at radius 1 is 0.778 bits per heavy atom. The summed E-state index contributed by atoms with van der Waals surface area (Å²) in [5, 5.41) is 0. The first-order valence-corrected chi connectivity index (χ1v) is 13.5. The van der Waals surface area contributed by atoms with E-state index in [4.69, 9.17) is 8.37 Å². The lowest BCUT2D eigenvalue weighted by Crippen LogP contribution is -2.47. The summed E-state index contributed by atoms with van der Waals surface area (Å²) < 4.78 is 112. The topological polar surface area (TPSA) is 173 Å². The van der Waals surface area contributed by atoms with Crippen molar-refractivity contribution in [3.05, 3.63) is 0 Å². The number of rotatable bonds is 6. The van der Waals surface area contributed by atoms with E-state index in [1.807, 2.05) is 0 Å². The first-order chi connectivity index (χ1) is 11.9. The van der Waals surface area contributed by atoms with Crippen LogP contribution in [0, 0.1) is 0 Å². The van der Waals surface area contributed by atoms with Crippen LogP contribution >= 0.6 is 0 Å². The van der Waals surface area contributed by atoms with Gasteiger partial charge in [-0.15, -0.1) is 0 Å². The van der Waals surface area contributed by atoms with Gasteiger partial charge in [0.1, 0.15) is 35.9 Å². The fraction of sp³-hybridized carbons (Fsp3) is 1.00. The second-order valence-corrected chi connectivity index (χ2v) is 14.4. The van der Waals surface area contributed by atoms with Crippen molar-refractivity contribution in [1.29, 1.82) is 0 Å². The van der Waals surface area contributed by atoms with Gasteiger partial charge < -0.3 is 0 Å². The molecular weight excluding hydrogens is 452 g/mol. The minimum absolute atomic E-state index is 0.768. The van der Waals surface area contributed by atoms with Gasteiger partial charge in [0.2, 0.25) is 4.08 Å². The SMILES string of the molecule is CC1OS(=O)(=O)CC1OS(=O)(=O)C(C)(C)S(=O)(=O)OC1CS(=O)(=O)OC1C. The molecule has 4 atom stereocenters. The molecule has 0 amide bonds. The second-order valence-electron chi connectivity index (χ2n) is 6.63. The maximum absolute atomic E-state index is 12.5. The highest BCUT2D eigenvalue weighted by Gasteiger charge is 2.54. The molecular formula is C11H20O12S4. The number of hydrogen-bond acceptors (Lipinski definition) is 12. The predicted molar refractivity (Wildman–Crippen MR) is 90.3 cm³/mol. The normalized spacial score (nSPS) is 33.9. The molecule has 2 heterocycles. The molecule has 27 heavy (non-hydrogen) atoms. The van der Waals surface area contributed by atoms with Gasteiger partial charge in [-0.25, -0.2) is 0 Å². The van der Waals surface area contributed by atoms with Gasteiger partial charge in [-0.1, -0.05) is 0 Å². The van der Waals surface area contributed by atoms with Crippen LogP contribution in [0.25, 0.3) is 0 Å². The van der Waals surface area contributed by atoms with Crippen LogP contribution in [-0.2, 0) is 57.2 Å².